The molecule has 3 N–H and O–H groups in total. The van der Waals surface area contributed by atoms with Crippen LogP contribution in [-0.2, 0) is 15.7 Å². The number of nitrogens with zero attached hydrogens (tertiary/aromatic N) is 4. The van der Waals surface area contributed by atoms with E-state index in [0.717, 1.165) is 12.4 Å². The molecule has 1 aromatic heterocycles. The molecule has 3 rings (SSSR count). The van der Waals surface area contributed by atoms with Crippen LogP contribution in [0.3, 0.4) is 0 Å². The zero-order valence-electron chi connectivity index (χ0n) is 15.7. The molecule has 29 heavy (non-hydrogen) atoms. The van der Waals surface area contributed by atoms with Crippen LogP contribution in [0, 0.1) is 0 Å². The Bertz CT molecular complexity index is 671. The Balaban J connectivity index is 0.00000300. The van der Waals surface area contributed by atoms with Gasteiger partial charge in [-0.1, -0.05) is 0 Å². The average Bonchev–Trinajstić information content (AvgIpc) is 3.06. The molecular weight excluding hydrogens is 415 g/mol. The fourth-order valence-corrected chi connectivity index (χ4v) is 3.49. The van der Waals surface area contributed by atoms with E-state index in [0.29, 0.717) is 38.9 Å². The molecule has 1 amide bonds. The van der Waals surface area contributed by atoms with Crippen molar-refractivity contribution in [3.05, 3.63) is 18.0 Å². The van der Waals surface area contributed by atoms with Gasteiger partial charge in [0.15, 0.2) is 0 Å². The Morgan fingerprint density at radius 3 is 2.38 bits per heavy atom. The highest BCUT2D eigenvalue weighted by Crippen LogP contribution is 2.29. The molecule has 0 saturated carbocycles. The lowest BCUT2D eigenvalue weighted by Gasteiger charge is -2.36. The first-order chi connectivity index (χ1) is 13.3. The summed E-state index contributed by atoms with van der Waals surface area (Å²) in [6.45, 7) is 1.64. The Labute approximate surface area is 172 Å². The quantitative estimate of drug-likeness (QED) is 0.676. The number of piperidine rings is 1. The second kappa shape index (κ2) is 9.88. The Hall–Kier alpha value is -1.69. The Morgan fingerprint density at radius 1 is 1.21 bits per heavy atom. The van der Waals surface area contributed by atoms with E-state index in [4.69, 9.17) is 15.6 Å². The van der Waals surface area contributed by atoms with E-state index in [1.54, 1.807) is 4.90 Å². The van der Waals surface area contributed by atoms with Gasteiger partial charge in [0.2, 0.25) is 5.95 Å². The maximum atomic E-state index is 12.6. The molecular formula is C17H25ClF3N5O3. The standard InChI is InChI=1S/C17H24F3N5O3.ClH/c18-17(19,20)11-7-22-16(23-8-11)24-4-1-13(2-5-24)25-6-3-14(15(25)27)28-10-12(21)9-26;/h7-8,12-14,26H,1-6,9-10,21H2;1H/t12?,14-;/m1./s1. The van der Waals surface area contributed by atoms with Crippen LogP contribution < -0.4 is 10.6 Å². The summed E-state index contributed by atoms with van der Waals surface area (Å²) >= 11 is 0. The first kappa shape index (κ1) is 23.6. The van der Waals surface area contributed by atoms with Crippen molar-refractivity contribution < 1.29 is 27.8 Å². The molecule has 164 valence electrons. The van der Waals surface area contributed by atoms with E-state index in [9.17, 15) is 18.0 Å². The fourth-order valence-electron chi connectivity index (χ4n) is 3.49. The molecule has 8 nitrogen and oxygen atoms in total. The van der Waals surface area contributed by atoms with Crippen molar-refractivity contribution in [3.63, 3.8) is 0 Å². The van der Waals surface area contributed by atoms with Gasteiger partial charge in [0, 0.05) is 44.5 Å². The first-order valence-electron chi connectivity index (χ1n) is 9.22. The molecule has 2 fully saturated rings. The van der Waals surface area contributed by atoms with Crippen LogP contribution in [0.2, 0.25) is 0 Å². The van der Waals surface area contributed by atoms with Crippen molar-refractivity contribution in [2.24, 2.45) is 5.73 Å². The van der Waals surface area contributed by atoms with Gasteiger partial charge < -0.3 is 25.4 Å². The lowest BCUT2D eigenvalue weighted by atomic mass is 10.0. The Morgan fingerprint density at radius 2 is 1.83 bits per heavy atom. The third-order valence-corrected chi connectivity index (χ3v) is 5.09. The average molecular weight is 440 g/mol. The lowest BCUT2D eigenvalue weighted by molar-refractivity contribution is -0.140. The van der Waals surface area contributed by atoms with Crippen LogP contribution in [0.25, 0.3) is 0 Å². The van der Waals surface area contributed by atoms with Gasteiger partial charge in [-0.15, -0.1) is 12.4 Å². The SMILES string of the molecule is Cl.NC(CO)CO[C@@H]1CCN(C2CCN(c3ncc(C(F)(F)F)cn3)CC2)C1=O. The first-order valence-corrected chi connectivity index (χ1v) is 9.22. The highest BCUT2D eigenvalue weighted by atomic mass is 35.5. The number of carbonyl (C=O) groups excluding carboxylic acids is 1. The van der Waals surface area contributed by atoms with E-state index in [-0.39, 0.29) is 43.5 Å². The van der Waals surface area contributed by atoms with Crippen molar-refractivity contribution in [2.45, 2.75) is 43.6 Å². The van der Waals surface area contributed by atoms with Gasteiger partial charge in [-0.25, -0.2) is 9.97 Å². The van der Waals surface area contributed by atoms with Crippen molar-refractivity contribution in [2.75, 3.05) is 37.7 Å². The number of anilines is 1. The highest BCUT2D eigenvalue weighted by molar-refractivity contribution is 5.85. The highest BCUT2D eigenvalue weighted by Gasteiger charge is 2.38. The van der Waals surface area contributed by atoms with Gasteiger partial charge in [0.1, 0.15) is 6.10 Å². The number of aromatic nitrogens is 2. The number of hydrogen-bond acceptors (Lipinski definition) is 7. The topological polar surface area (TPSA) is 105 Å². The van der Waals surface area contributed by atoms with Crippen molar-refractivity contribution in [3.8, 4) is 0 Å². The molecule has 2 atom stereocenters. The van der Waals surface area contributed by atoms with Gasteiger partial charge in [0.25, 0.3) is 5.91 Å². The van der Waals surface area contributed by atoms with Crippen LogP contribution in [0.1, 0.15) is 24.8 Å². The predicted octanol–water partition coefficient (Wildman–Crippen LogP) is 0.823. The number of alkyl halides is 3. The van der Waals surface area contributed by atoms with Gasteiger partial charge in [0.05, 0.1) is 24.8 Å². The molecule has 12 heteroatoms. The predicted molar refractivity (Wildman–Crippen MR) is 101 cm³/mol. The Kier molecular flexibility index (Phi) is 8.03. The molecule has 3 heterocycles. The zero-order chi connectivity index (χ0) is 20.3. The number of ether oxygens (including phenoxy) is 1. The number of carbonyl (C=O) groups is 1. The third-order valence-electron chi connectivity index (χ3n) is 5.09. The van der Waals surface area contributed by atoms with E-state index in [1.807, 2.05) is 4.90 Å². The van der Waals surface area contributed by atoms with E-state index < -0.39 is 23.9 Å². The van der Waals surface area contributed by atoms with Crippen LogP contribution >= 0.6 is 12.4 Å². The van der Waals surface area contributed by atoms with Crippen molar-refractivity contribution in [1.29, 1.82) is 0 Å². The largest absolute Gasteiger partial charge is 0.419 e. The molecule has 2 aliphatic rings. The van der Waals surface area contributed by atoms with Crippen molar-refractivity contribution >= 4 is 24.3 Å². The van der Waals surface area contributed by atoms with Gasteiger partial charge in [-0.05, 0) is 12.8 Å². The molecule has 0 aromatic carbocycles. The summed E-state index contributed by atoms with van der Waals surface area (Å²) in [5, 5.41) is 8.93. The number of hydrogen-bond donors (Lipinski definition) is 2. The smallest absolute Gasteiger partial charge is 0.395 e. The summed E-state index contributed by atoms with van der Waals surface area (Å²) < 4.78 is 43.4. The van der Waals surface area contributed by atoms with Gasteiger partial charge >= 0.3 is 6.18 Å². The summed E-state index contributed by atoms with van der Waals surface area (Å²) in [6, 6.07) is -0.452. The minimum atomic E-state index is -4.46. The third kappa shape index (κ3) is 5.68. The summed E-state index contributed by atoms with van der Waals surface area (Å²) in [7, 11) is 0. The zero-order valence-corrected chi connectivity index (χ0v) is 16.5. The molecule has 0 radical (unpaired) electrons. The maximum Gasteiger partial charge on any atom is 0.419 e. The molecule has 2 saturated heterocycles. The van der Waals surface area contributed by atoms with Crippen LogP contribution in [0.4, 0.5) is 19.1 Å². The minimum absolute atomic E-state index is 0. The lowest BCUT2D eigenvalue weighted by Crippen LogP contribution is -2.47. The molecule has 0 aliphatic carbocycles. The van der Waals surface area contributed by atoms with Gasteiger partial charge in [-0.2, -0.15) is 13.2 Å². The number of amides is 1. The van der Waals surface area contributed by atoms with Gasteiger partial charge in [-0.3, -0.25) is 4.79 Å². The normalized spacial score (nSPS) is 22.0. The van der Waals surface area contributed by atoms with Crippen molar-refractivity contribution in [1.82, 2.24) is 14.9 Å². The van der Waals surface area contributed by atoms with E-state index in [1.165, 1.54) is 0 Å². The number of likely N-dealkylation sites (tertiary alicyclic amines) is 1. The second-order valence-corrected chi connectivity index (χ2v) is 7.07. The number of aliphatic hydroxyl groups excluding tert-OH is 1. The number of aliphatic hydroxyl groups is 1. The number of nitrogens with two attached hydrogens (primary N) is 1. The van der Waals surface area contributed by atoms with Crippen LogP contribution in [0.15, 0.2) is 12.4 Å². The fraction of sp³-hybridized carbons (Fsp3) is 0.706. The maximum absolute atomic E-state index is 12.6. The molecule has 2 aliphatic heterocycles. The molecule has 0 spiro atoms. The van der Waals surface area contributed by atoms with Crippen LogP contribution in [0.5, 0.6) is 0 Å². The van der Waals surface area contributed by atoms with E-state index in [2.05, 4.69) is 9.97 Å². The second-order valence-electron chi connectivity index (χ2n) is 7.07. The summed E-state index contributed by atoms with van der Waals surface area (Å²) in [5.41, 5.74) is 4.72. The summed E-state index contributed by atoms with van der Waals surface area (Å²) in [5.74, 6) is 0.188. The minimum Gasteiger partial charge on any atom is -0.395 e. The van der Waals surface area contributed by atoms with Crippen LogP contribution in [-0.4, -0.2) is 76.9 Å². The summed E-state index contributed by atoms with van der Waals surface area (Å²) in [6.07, 6.45) is -1.47. The molecule has 1 aromatic rings. The number of halogens is 4. The summed E-state index contributed by atoms with van der Waals surface area (Å²) in [4.78, 5) is 23.8. The molecule has 1 unspecified atom stereocenters. The monoisotopic (exact) mass is 439 g/mol. The van der Waals surface area contributed by atoms with E-state index >= 15 is 0 Å². The number of rotatable bonds is 6. The molecule has 0 bridgehead atoms.